The molecule has 0 amide bonds. The average molecular weight is 375 g/mol. The first-order valence-electron chi connectivity index (χ1n) is 6.42. The van der Waals surface area contributed by atoms with Gasteiger partial charge in [-0.25, -0.2) is 4.99 Å². The fourth-order valence-electron chi connectivity index (χ4n) is 1.82. The van der Waals surface area contributed by atoms with E-state index in [4.69, 9.17) is 10.5 Å². The molecule has 0 heterocycles. The molecule has 106 valence electrons. The first-order chi connectivity index (χ1) is 8.66. The molecule has 0 bridgehead atoms. The average Bonchev–Trinajstić information content (AvgIpc) is 3.11. The second-order valence-electron chi connectivity index (χ2n) is 4.75. The van der Waals surface area contributed by atoms with Gasteiger partial charge in [-0.1, -0.05) is 18.2 Å². The highest BCUT2D eigenvalue weighted by Crippen LogP contribution is 2.22. The lowest BCUT2D eigenvalue weighted by Gasteiger charge is -2.11. The van der Waals surface area contributed by atoms with Gasteiger partial charge in [0.05, 0.1) is 6.54 Å². The van der Waals surface area contributed by atoms with Crippen LogP contribution in [0.2, 0.25) is 0 Å². The Hall–Kier alpha value is -0.980. The predicted molar refractivity (Wildman–Crippen MR) is 89.5 cm³/mol. The number of nitrogens with two attached hydrogens (primary N) is 1. The molecule has 1 aliphatic rings. The van der Waals surface area contributed by atoms with E-state index in [-0.39, 0.29) is 24.0 Å². The van der Waals surface area contributed by atoms with E-state index in [0.29, 0.717) is 25.2 Å². The Morgan fingerprint density at radius 3 is 2.58 bits per heavy atom. The minimum Gasteiger partial charge on any atom is -0.491 e. The molecule has 1 aromatic carbocycles. The Morgan fingerprint density at radius 1 is 1.37 bits per heavy atom. The van der Waals surface area contributed by atoms with Crippen molar-refractivity contribution in [2.45, 2.75) is 32.7 Å². The zero-order chi connectivity index (χ0) is 13.0. The first kappa shape index (κ1) is 16.1. The van der Waals surface area contributed by atoms with E-state index in [1.165, 1.54) is 12.8 Å². The molecule has 3 N–H and O–H groups in total. The summed E-state index contributed by atoms with van der Waals surface area (Å²) in [5, 5.41) is 3.15. The van der Waals surface area contributed by atoms with Crippen molar-refractivity contribution in [3.8, 4) is 5.75 Å². The van der Waals surface area contributed by atoms with Crippen molar-refractivity contribution in [2.24, 2.45) is 10.7 Å². The molecule has 1 aliphatic carbocycles. The maximum atomic E-state index is 5.75. The van der Waals surface area contributed by atoms with Gasteiger partial charge in [0.25, 0.3) is 0 Å². The SMILES string of the molecule is Cc1cccc(C)c1OCCN=C(N)NC1CC1.I. The monoisotopic (exact) mass is 375 g/mol. The van der Waals surface area contributed by atoms with Crippen molar-refractivity contribution in [3.05, 3.63) is 29.3 Å². The third kappa shape index (κ3) is 5.26. The van der Waals surface area contributed by atoms with Crippen LogP contribution in [0, 0.1) is 13.8 Å². The van der Waals surface area contributed by atoms with Crippen molar-refractivity contribution >= 4 is 29.9 Å². The van der Waals surface area contributed by atoms with E-state index in [1.807, 2.05) is 6.07 Å². The van der Waals surface area contributed by atoms with Gasteiger partial charge < -0.3 is 15.8 Å². The van der Waals surface area contributed by atoms with Crippen LogP contribution in [0.25, 0.3) is 0 Å². The number of hydrogen-bond donors (Lipinski definition) is 2. The summed E-state index contributed by atoms with van der Waals surface area (Å²) in [5.74, 6) is 1.49. The molecule has 0 aromatic heterocycles. The Bertz CT molecular complexity index is 424. The number of halogens is 1. The van der Waals surface area contributed by atoms with Crippen molar-refractivity contribution in [3.63, 3.8) is 0 Å². The minimum absolute atomic E-state index is 0. The van der Waals surface area contributed by atoms with E-state index in [0.717, 1.165) is 16.9 Å². The van der Waals surface area contributed by atoms with E-state index < -0.39 is 0 Å². The number of guanidine groups is 1. The van der Waals surface area contributed by atoms with Crippen LogP contribution >= 0.6 is 24.0 Å². The van der Waals surface area contributed by atoms with Gasteiger partial charge in [0.1, 0.15) is 12.4 Å². The second kappa shape index (κ2) is 7.57. The lowest BCUT2D eigenvalue weighted by atomic mass is 10.1. The summed E-state index contributed by atoms with van der Waals surface area (Å²) in [6, 6.07) is 6.68. The molecule has 0 aliphatic heterocycles. The number of aryl methyl sites for hydroxylation is 2. The van der Waals surface area contributed by atoms with Crippen LogP contribution in [0.1, 0.15) is 24.0 Å². The quantitative estimate of drug-likeness (QED) is 0.360. The van der Waals surface area contributed by atoms with E-state index in [1.54, 1.807) is 0 Å². The summed E-state index contributed by atoms with van der Waals surface area (Å²) in [6.07, 6.45) is 2.41. The summed E-state index contributed by atoms with van der Waals surface area (Å²) in [7, 11) is 0. The van der Waals surface area contributed by atoms with Crippen molar-refractivity contribution in [1.82, 2.24) is 5.32 Å². The molecule has 1 saturated carbocycles. The van der Waals surface area contributed by atoms with Crippen LogP contribution in [0.15, 0.2) is 23.2 Å². The van der Waals surface area contributed by atoms with E-state index in [9.17, 15) is 0 Å². The molecule has 1 aromatic rings. The van der Waals surface area contributed by atoms with E-state index in [2.05, 4.69) is 36.3 Å². The molecule has 0 unspecified atom stereocenters. The molecular formula is C14H22IN3O. The third-order valence-corrected chi connectivity index (χ3v) is 2.96. The molecular weight excluding hydrogens is 353 g/mol. The Morgan fingerprint density at radius 2 is 2.00 bits per heavy atom. The van der Waals surface area contributed by atoms with Gasteiger partial charge in [0.2, 0.25) is 0 Å². The lowest BCUT2D eigenvalue weighted by molar-refractivity contribution is 0.324. The minimum atomic E-state index is 0. The third-order valence-electron chi connectivity index (χ3n) is 2.96. The molecule has 0 spiro atoms. The number of para-hydroxylation sites is 1. The summed E-state index contributed by atoms with van der Waals surface area (Å²) in [4.78, 5) is 4.24. The number of rotatable bonds is 5. The molecule has 4 nitrogen and oxygen atoms in total. The van der Waals surface area contributed by atoms with Crippen LogP contribution < -0.4 is 15.8 Å². The van der Waals surface area contributed by atoms with Gasteiger partial charge in [0.15, 0.2) is 5.96 Å². The normalized spacial score (nSPS) is 14.7. The molecule has 1 fully saturated rings. The summed E-state index contributed by atoms with van der Waals surface area (Å²) >= 11 is 0. The number of ether oxygens (including phenoxy) is 1. The number of nitrogens with zero attached hydrogens (tertiary/aromatic N) is 1. The number of nitrogens with one attached hydrogen (secondary N) is 1. The lowest BCUT2D eigenvalue weighted by Crippen LogP contribution is -2.33. The van der Waals surface area contributed by atoms with Crippen molar-refractivity contribution in [2.75, 3.05) is 13.2 Å². The van der Waals surface area contributed by atoms with Crippen LogP contribution in [0.3, 0.4) is 0 Å². The number of hydrogen-bond acceptors (Lipinski definition) is 2. The van der Waals surface area contributed by atoms with Crippen molar-refractivity contribution in [1.29, 1.82) is 0 Å². The smallest absolute Gasteiger partial charge is 0.188 e. The van der Waals surface area contributed by atoms with Crippen LogP contribution in [0.5, 0.6) is 5.75 Å². The van der Waals surface area contributed by atoms with E-state index >= 15 is 0 Å². The van der Waals surface area contributed by atoms with Gasteiger partial charge in [-0.2, -0.15) is 0 Å². The topological polar surface area (TPSA) is 59.6 Å². The molecule has 19 heavy (non-hydrogen) atoms. The standard InChI is InChI=1S/C14H21N3O.HI/c1-10-4-3-5-11(2)13(10)18-9-8-16-14(15)17-12-6-7-12;/h3-5,12H,6-9H2,1-2H3,(H3,15,16,17);1H. The van der Waals surface area contributed by atoms with Crippen LogP contribution in [-0.2, 0) is 0 Å². The highest BCUT2D eigenvalue weighted by Gasteiger charge is 2.21. The second-order valence-corrected chi connectivity index (χ2v) is 4.75. The van der Waals surface area contributed by atoms with Crippen LogP contribution in [0.4, 0.5) is 0 Å². The predicted octanol–water partition coefficient (Wildman–Crippen LogP) is 2.37. The Balaban J connectivity index is 0.00000180. The number of benzene rings is 1. The molecule has 5 heteroatoms. The first-order valence-corrected chi connectivity index (χ1v) is 6.42. The molecule has 0 saturated heterocycles. The summed E-state index contributed by atoms with van der Waals surface area (Å²) in [5.41, 5.74) is 8.05. The highest BCUT2D eigenvalue weighted by molar-refractivity contribution is 14.0. The Labute approximate surface area is 131 Å². The fourth-order valence-corrected chi connectivity index (χ4v) is 1.82. The summed E-state index contributed by atoms with van der Waals surface area (Å²) in [6.45, 7) is 5.24. The zero-order valence-electron chi connectivity index (χ0n) is 11.5. The molecule has 0 atom stereocenters. The molecule has 2 rings (SSSR count). The fraction of sp³-hybridized carbons (Fsp3) is 0.500. The van der Waals surface area contributed by atoms with Gasteiger partial charge in [-0.15, -0.1) is 24.0 Å². The molecule has 0 radical (unpaired) electrons. The highest BCUT2D eigenvalue weighted by atomic mass is 127. The van der Waals surface area contributed by atoms with Crippen molar-refractivity contribution < 1.29 is 4.74 Å². The maximum Gasteiger partial charge on any atom is 0.188 e. The van der Waals surface area contributed by atoms with Gasteiger partial charge in [0, 0.05) is 6.04 Å². The zero-order valence-corrected chi connectivity index (χ0v) is 13.8. The Kier molecular flexibility index (Phi) is 6.41. The maximum absolute atomic E-state index is 5.75. The number of aliphatic imine (C=N–C) groups is 1. The van der Waals surface area contributed by atoms with Gasteiger partial charge in [-0.05, 0) is 37.8 Å². The summed E-state index contributed by atoms with van der Waals surface area (Å²) < 4.78 is 5.75. The van der Waals surface area contributed by atoms with Gasteiger partial charge in [-0.3, -0.25) is 0 Å². The van der Waals surface area contributed by atoms with Gasteiger partial charge >= 0.3 is 0 Å². The van der Waals surface area contributed by atoms with Crippen LogP contribution in [-0.4, -0.2) is 25.2 Å². The largest absolute Gasteiger partial charge is 0.491 e.